The molecule has 3 nitrogen and oxygen atoms in total. The molecule has 0 fully saturated rings. The largest absolute Gasteiger partial charge is 0.456 e. The normalized spacial score (nSPS) is 12.3. The van der Waals surface area contributed by atoms with Gasteiger partial charge in [0.05, 0.1) is 5.71 Å². The molecule has 3 heteroatoms. The van der Waals surface area contributed by atoms with Crippen molar-refractivity contribution in [3.63, 3.8) is 0 Å². The van der Waals surface area contributed by atoms with Crippen LogP contribution in [0.2, 0.25) is 0 Å². The highest BCUT2D eigenvalue weighted by Crippen LogP contribution is 2.40. The van der Waals surface area contributed by atoms with E-state index >= 15 is 0 Å². The fraction of sp³-hybridized carbons (Fsp3) is 0. The molecule has 0 aliphatic rings. The van der Waals surface area contributed by atoms with Crippen LogP contribution in [0.1, 0.15) is 16.7 Å². The maximum absolute atomic E-state index is 8.92. The van der Waals surface area contributed by atoms with Crippen LogP contribution in [0, 0.1) is 5.41 Å². The quantitative estimate of drug-likeness (QED) is 0.0839. The van der Waals surface area contributed by atoms with Gasteiger partial charge in [-0.3, -0.25) is 5.41 Å². The van der Waals surface area contributed by atoms with E-state index in [1.54, 1.807) is 0 Å². The Morgan fingerprint density at radius 3 is 2.08 bits per heavy atom. The number of para-hydroxylation sites is 1. The van der Waals surface area contributed by atoms with E-state index in [0.29, 0.717) is 5.71 Å². The van der Waals surface area contributed by atoms with Crippen molar-refractivity contribution in [3.8, 4) is 11.1 Å². The van der Waals surface area contributed by atoms with Gasteiger partial charge in [0.2, 0.25) is 0 Å². The van der Waals surface area contributed by atoms with Crippen molar-refractivity contribution in [2.75, 3.05) is 0 Å². The van der Waals surface area contributed by atoms with Crippen LogP contribution < -0.4 is 0 Å². The van der Waals surface area contributed by atoms with E-state index in [9.17, 15) is 0 Å². The number of nitrogens with one attached hydrogen (secondary N) is 1. The van der Waals surface area contributed by atoms with Crippen molar-refractivity contribution in [2.45, 2.75) is 0 Å². The van der Waals surface area contributed by atoms with E-state index < -0.39 is 0 Å². The van der Waals surface area contributed by atoms with Crippen LogP contribution in [0.3, 0.4) is 0 Å². The van der Waals surface area contributed by atoms with Gasteiger partial charge in [0.15, 0.2) is 5.84 Å². The average Bonchev–Trinajstić information content (AvgIpc) is 3.60. The molecular formula is C50H32N2O. The molecule has 0 spiro atoms. The lowest BCUT2D eigenvalue weighted by molar-refractivity contribution is 0.669. The minimum Gasteiger partial charge on any atom is -0.456 e. The van der Waals surface area contributed by atoms with Gasteiger partial charge in [-0.25, -0.2) is 4.99 Å². The number of furan rings is 1. The molecule has 1 N–H and O–H groups in total. The molecule has 0 radical (unpaired) electrons. The first-order chi connectivity index (χ1) is 26.2. The lowest BCUT2D eigenvalue weighted by atomic mass is 9.89. The number of benzene rings is 9. The second-order valence-corrected chi connectivity index (χ2v) is 13.5. The smallest absolute Gasteiger partial charge is 0.152 e. The topological polar surface area (TPSA) is 49.4 Å². The van der Waals surface area contributed by atoms with Crippen molar-refractivity contribution in [1.82, 2.24) is 0 Å². The van der Waals surface area contributed by atoms with E-state index in [2.05, 4.69) is 121 Å². The Kier molecular flexibility index (Phi) is 7.29. The summed E-state index contributed by atoms with van der Waals surface area (Å²) in [5.74, 6) is 0.204. The minimum absolute atomic E-state index is 0.204. The monoisotopic (exact) mass is 676 g/mol. The SMILES string of the molecule is N=C(N=C(/C=C/c1ccc2cc(-c3c4ccccc4cc4c3ccc3ccccc34)ccc2c1)c1cccc2oc3ccccc3c12)c1ccccc1. The van der Waals surface area contributed by atoms with E-state index in [1.807, 2.05) is 66.7 Å². The maximum atomic E-state index is 8.92. The minimum atomic E-state index is 0.204. The molecule has 53 heavy (non-hydrogen) atoms. The number of aliphatic imine (C=N–C) groups is 1. The van der Waals surface area contributed by atoms with Gasteiger partial charge in [0.1, 0.15) is 11.2 Å². The summed E-state index contributed by atoms with van der Waals surface area (Å²) < 4.78 is 6.22. The Morgan fingerprint density at radius 2 is 1.19 bits per heavy atom. The summed E-state index contributed by atoms with van der Waals surface area (Å²) in [4.78, 5) is 4.92. The Hall–Kier alpha value is -7.10. The third kappa shape index (κ3) is 5.38. The highest BCUT2D eigenvalue weighted by molar-refractivity contribution is 6.26. The summed E-state index contributed by atoms with van der Waals surface area (Å²) in [6, 6.07) is 61.4. The molecule has 9 aromatic carbocycles. The maximum Gasteiger partial charge on any atom is 0.152 e. The highest BCUT2D eigenvalue weighted by atomic mass is 16.3. The third-order valence-corrected chi connectivity index (χ3v) is 10.3. The van der Waals surface area contributed by atoms with Crippen LogP contribution in [-0.4, -0.2) is 11.5 Å². The number of allylic oxidation sites excluding steroid dienone is 1. The standard InChI is InChI=1S/C50H32N2O/c51-50(34-12-2-1-3-13-34)52-45(42-18-10-20-47-49(42)43-17-8-9-19-46(43)53-47)28-22-32-21-23-36-30-38(25-24-35(36)29-32)48-40-16-7-5-14-37(40)31-44-39-15-6-4-11-33(39)26-27-41(44)48/h1-31,51H/b28-22+,51-50?,52-45?. The molecule has 0 saturated heterocycles. The molecule has 1 aromatic heterocycles. The average molecular weight is 677 g/mol. The number of amidine groups is 1. The molecule has 10 rings (SSSR count). The van der Waals surface area contributed by atoms with Crippen molar-refractivity contribution in [3.05, 3.63) is 199 Å². The van der Waals surface area contributed by atoms with Crippen LogP contribution in [0.4, 0.5) is 0 Å². The predicted molar refractivity (Wildman–Crippen MR) is 224 cm³/mol. The van der Waals surface area contributed by atoms with Crippen LogP contribution in [0.5, 0.6) is 0 Å². The summed E-state index contributed by atoms with van der Waals surface area (Å²) in [6.07, 6.45) is 4.12. The first-order valence-electron chi connectivity index (χ1n) is 17.9. The second kappa shape index (κ2) is 12.6. The molecule has 0 aliphatic heterocycles. The summed E-state index contributed by atoms with van der Waals surface area (Å²) >= 11 is 0. The van der Waals surface area contributed by atoms with E-state index in [4.69, 9.17) is 14.8 Å². The van der Waals surface area contributed by atoms with Crippen LogP contribution in [0.25, 0.3) is 82.2 Å². The molecule has 0 amide bonds. The molecule has 0 bridgehead atoms. The summed E-state index contributed by atoms with van der Waals surface area (Å²) in [5, 5.41) is 20.8. The number of rotatable bonds is 5. The van der Waals surface area contributed by atoms with Gasteiger partial charge in [-0.1, -0.05) is 152 Å². The molecular weight excluding hydrogens is 645 g/mol. The van der Waals surface area contributed by atoms with Gasteiger partial charge in [-0.15, -0.1) is 0 Å². The van der Waals surface area contributed by atoms with Crippen molar-refractivity contribution in [2.24, 2.45) is 4.99 Å². The summed E-state index contributed by atoms with van der Waals surface area (Å²) in [5.41, 5.74) is 7.52. The van der Waals surface area contributed by atoms with Crippen molar-refractivity contribution < 1.29 is 4.42 Å². The summed E-state index contributed by atoms with van der Waals surface area (Å²) in [6.45, 7) is 0. The molecule has 0 unspecified atom stereocenters. The van der Waals surface area contributed by atoms with Gasteiger partial charge in [-0.2, -0.15) is 0 Å². The molecule has 248 valence electrons. The zero-order valence-electron chi connectivity index (χ0n) is 28.8. The Morgan fingerprint density at radius 1 is 0.491 bits per heavy atom. The first kappa shape index (κ1) is 30.7. The zero-order chi connectivity index (χ0) is 35.3. The van der Waals surface area contributed by atoms with Crippen molar-refractivity contribution in [1.29, 1.82) is 5.41 Å². The molecule has 0 atom stereocenters. The molecule has 0 saturated carbocycles. The number of hydrogen-bond donors (Lipinski definition) is 1. The van der Waals surface area contributed by atoms with Gasteiger partial charge in [0.25, 0.3) is 0 Å². The number of nitrogens with zero attached hydrogens (tertiary/aromatic N) is 1. The van der Waals surface area contributed by atoms with Gasteiger partial charge < -0.3 is 4.42 Å². The Balaban J connectivity index is 1.08. The summed E-state index contributed by atoms with van der Waals surface area (Å²) in [7, 11) is 0. The van der Waals surface area contributed by atoms with E-state index in [1.165, 1.54) is 48.8 Å². The highest BCUT2D eigenvalue weighted by Gasteiger charge is 2.16. The van der Waals surface area contributed by atoms with Crippen LogP contribution in [-0.2, 0) is 0 Å². The lowest BCUT2D eigenvalue weighted by Crippen LogP contribution is -2.04. The Labute approximate surface area is 306 Å². The fourth-order valence-corrected chi connectivity index (χ4v) is 7.79. The fourth-order valence-electron chi connectivity index (χ4n) is 7.79. The van der Waals surface area contributed by atoms with Gasteiger partial charge in [-0.05, 0) is 96.2 Å². The molecule has 0 aliphatic carbocycles. The number of hydrogen-bond acceptors (Lipinski definition) is 2. The number of fused-ring (bicyclic) bond motifs is 8. The van der Waals surface area contributed by atoms with Crippen LogP contribution in [0.15, 0.2) is 191 Å². The predicted octanol–water partition coefficient (Wildman–Crippen LogP) is 13.4. The van der Waals surface area contributed by atoms with E-state index in [-0.39, 0.29) is 5.84 Å². The first-order valence-corrected chi connectivity index (χ1v) is 17.9. The molecule has 1 heterocycles. The van der Waals surface area contributed by atoms with Crippen molar-refractivity contribution >= 4 is 82.7 Å². The van der Waals surface area contributed by atoms with Gasteiger partial charge >= 0.3 is 0 Å². The molecule has 10 aromatic rings. The zero-order valence-corrected chi connectivity index (χ0v) is 28.8. The Bertz CT molecular complexity index is 3130. The van der Waals surface area contributed by atoms with Gasteiger partial charge in [0, 0.05) is 21.9 Å². The second-order valence-electron chi connectivity index (χ2n) is 13.5. The van der Waals surface area contributed by atoms with Crippen LogP contribution >= 0.6 is 0 Å². The third-order valence-electron chi connectivity index (χ3n) is 10.3. The van der Waals surface area contributed by atoms with E-state index in [0.717, 1.165) is 44.0 Å². The lowest BCUT2D eigenvalue weighted by Gasteiger charge is -2.15.